The lowest BCUT2D eigenvalue weighted by Gasteiger charge is -2.27. The summed E-state index contributed by atoms with van der Waals surface area (Å²) in [5.41, 5.74) is 1.42. The second kappa shape index (κ2) is 10.8. The van der Waals surface area contributed by atoms with Gasteiger partial charge in [0.2, 0.25) is 15.9 Å². The van der Waals surface area contributed by atoms with Crippen molar-refractivity contribution in [1.29, 1.82) is 0 Å². The molecule has 2 aromatic rings. The molecule has 1 saturated heterocycles. The summed E-state index contributed by atoms with van der Waals surface area (Å²) >= 11 is 1.59. The second-order valence-corrected chi connectivity index (χ2v) is 10.4. The number of nitrogens with one attached hydrogen (secondary N) is 1. The van der Waals surface area contributed by atoms with Gasteiger partial charge in [0.25, 0.3) is 5.91 Å². The average molecular weight is 478 g/mol. The van der Waals surface area contributed by atoms with E-state index >= 15 is 0 Å². The first-order valence-electron chi connectivity index (χ1n) is 10.3. The third kappa shape index (κ3) is 6.24. The minimum Gasteiger partial charge on any atom is -0.378 e. The van der Waals surface area contributed by atoms with Gasteiger partial charge in [0.1, 0.15) is 6.54 Å². The molecule has 0 aromatic heterocycles. The molecule has 0 atom stereocenters. The zero-order chi connectivity index (χ0) is 23.1. The Hall–Kier alpha value is -2.56. The highest BCUT2D eigenvalue weighted by atomic mass is 32.2. The Morgan fingerprint density at radius 3 is 2.38 bits per heavy atom. The van der Waals surface area contributed by atoms with Gasteiger partial charge in [-0.05, 0) is 42.2 Å². The molecule has 3 rings (SSSR count). The van der Waals surface area contributed by atoms with Crippen LogP contribution in [0.15, 0.2) is 53.4 Å². The molecular formula is C22H27N3O5S2. The van der Waals surface area contributed by atoms with Crippen LogP contribution in [-0.2, 0) is 19.6 Å². The van der Waals surface area contributed by atoms with Crippen molar-refractivity contribution in [2.24, 2.45) is 0 Å². The summed E-state index contributed by atoms with van der Waals surface area (Å²) in [5.74, 6) is 0.263. The van der Waals surface area contributed by atoms with E-state index in [4.69, 9.17) is 4.74 Å². The maximum atomic E-state index is 12.7. The number of amides is 2. The molecule has 0 unspecified atom stereocenters. The summed E-state index contributed by atoms with van der Waals surface area (Å²) in [7, 11) is -3.72. The first kappa shape index (κ1) is 24.1. The number of nitrogens with zero attached hydrogens (tertiary/aromatic N) is 2. The predicted octanol–water partition coefficient (Wildman–Crippen LogP) is 2.68. The molecule has 10 heteroatoms. The Bertz CT molecular complexity index is 1050. The lowest BCUT2D eigenvalue weighted by molar-refractivity contribution is -0.114. The number of anilines is 2. The Morgan fingerprint density at radius 2 is 1.75 bits per heavy atom. The monoisotopic (exact) mass is 477 g/mol. The molecule has 32 heavy (non-hydrogen) atoms. The molecular weight excluding hydrogens is 450 g/mol. The van der Waals surface area contributed by atoms with Crippen molar-refractivity contribution in [2.45, 2.75) is 11.8 Å². The number of morpholine rings is 1. The molecule has 0 spiro atoms. The topological polar surface area (TPSA) is 96.0 Å². The van der Waals surface area contributed by atoms with Gasteiger partial charge in [0.05, 0.1) is 30.8 Å². The highest BCUT2D eigenvalue weighted by Gasteiger charge is 2.23. The smallest absolute Gasteiger partial charge is 0.254 e. The number of hydrogen-bond acceptors (Lipinski definition) is 6. The molecule has 8 nitrogen and oxygen atoms in total. The Balaban J connectivity index is 1.74. The number of benzene rings is 2. The molecule has 2 amide bonds. The molecule has 1 N–H and O–H groups in total. The second-order valence-electron chi connectivity index (χ2n) is 7.20. The fraction of sp³-hybridized carbons (Fsp3) is 0.364. The van der Waals surface area contributed by atoms with Crippen LogP contribution in [0, 0.1) is 0 Å². The van der Waals surface area contributed by atoms with Gasteiger partial charge in [-0.15, -0.1) is 11.8 Å². The predicted molar refractivity (Wildman–Crippen MR) is 127 cm³/mol. The van der Waals surface area contributed by atoms with Gasteiger partial charge >= 0.3 is 0 Å². The lowest BCUT2D eigenvalue weighted by atomic mass is 10.1. The number of rotatable bonds is 8. The first-order valence-corrected chi connectivity index (χ1v) is 13.1. The maximum Gasteiger partial charge on any atom is 0.254 e. The fourth-order valence-electron chi connectivity index (χ4n) is 3.29. The lowest BCUT2D eigenvalue weighted by Crippen LogP contribution is -2.40. The molecule has 172 valence electrons. The van der Waals surface area contributed by atoms with E-state index < -0.39 is 15.9 Å². The molecule has 1 aliphatic heterocycles. The Labute approximate surface area is 193 Å². The molecule has 1 heterocycles. The van der Waals surface area contributed by atoms with Crippen LogP contribution in [-0.4, -0.2) is 70.0 Å². The largest absolute Gasteiger partial charge is 0.378 e. The average Bonchev–Trinajstić information content (AvgIpc) is 2.78. The van der Waals surface area contributed by atoms with Gasteiger partial charge in [0, 0.05) is 23.5 Å². The van der Waals surface area contributed by atoms with Crippen molar-refractivity contribution in [3.63, 3.8) is 0 Å². The summed E-state index contributed by atoms with van der Waals surface area (Å²) in [5, 5.41) is 2.80. The van der Waals surface area contributed by atoms with Crippen LogP contribution in [0.1, 0.15) is 17.3 Å². The van der Waals surface area contributed by atoms with Gasteiger partial charge < -0.3 is 15.0 Å². The zero-order valence-corrected chi connectivity index (χ0v) is 19.7. The summed E-state index contributed by atoms with van der Waals surface area (Å²) in [6.07, 6.45) is 1.05. The van der Waals surface area contributed by atoms with Crippen molar-refractivity contribution < 1.29 is 22.7 Å². The number of carbonyl (C=O) groups is 2. The SMILES string of the molecule is CCSc1ccccc1NC(=O)CN(c1ccc(C(=O)N2CCOCC2)cc1)S(C)(=O)=O. The number of para-hydroxylation sites is 1. The van der Waals surface area contributed by atoms with Crippen molar-refractivity contribution in [3.8, 4) is 0 Å². The van der Waals surface area contributed by atoms with E-state index in [9.17, 15) is 18.0 Å². The van der Waals surface area contributed by atoms with E-state index in [-0.39, 0.29) is 12.5 Å². The third-order valence-electron chi connectivity index (χ3n) is 4.85. The van der Waals surface area contributed by atoms with Gasteiger partial charge in [-0.1, -0.05) is 19.1 Å². The highest BCUT2D eigenvalue weighted by Crippen LogP contribution is 2.27. The van der Waals surface area contributed by atoms with Gasteiger partial charge in [0.15, 0.2) is 0 Å². The van der Waals surface area contributed by atoms with Crippen LogP contribution in [0.3, 0.4) is 0 Å². The van der Waals surface area contributed by atoms with Crippen LogP contribution in [0.25, 0.3) is 0 Å². The summed E-state index contributed by atoms with van der Waals surface area (Å²) in [4.78, 5) is 27.9. The van der Waals surface area contributed by atoms with Crippen molar-refractivity contribution in [2.75, 3.05) is 54.5 Å². The van der Waals surface area contributed by atoms with Gasteiger partial charge in [-0.2, -0.15) is 0 Å². The number of ether oxygens (including phenoxy) is 1. The number of thioether (sulfide) groups is 1. The molecule has 1 aliphatic rings. The molecule has 0 saturated carbocycles. The van der Waals surface area contributed by atoms with E-state index in [2.05, 4.69) is 5.32 Å². The Morgan fingerprint density at radius 1 is 1.09 bits per heavy atom. The number of hydrogen-bond donors (Lipinski definition) is 1. The van der Waals surface area contributed by atoms with Gasteiger partial charge in [-0.25, -0.2) is 8.42 Å². The van der Waals surface area contributed by atoms with Crippen LogP contribution in [0.5, 0.6) is 0 Å². The number of carbonyl (C=O) groups excluding carboxylic acids is 2. The van der Waals surface area contributed by atoms with Crippen LogP contribution >= 0.6 is 11.8 Å². The number of sulfonamides is 1. The first-order chi connectivity index (χ1) is 15.3. The molecule has 1 fully saturated rings. The molecule has 0 aliphatic carbocycles. The van der Waals surface area contributed by atoms with Crippen LogP contribution in [0.2, 0.25) is 0 Å². The highest BCUT2D eigenvalue weighted by molar-refractivity contribution is 7.99. The molecule has 0 bridgehead atoms. The normalized spacial score (nSPS) is 14.1. The molecule has 2 aromatic carbocycles. The minimum atomic E-state index is -3.72. The summed E-state index contributed by atoms with van der Waals surface area (Å²) in [6, 6.07) is 13.6. The van der Waals surface area contributed by atoms with E-state index in [0.29, 0.717) is 43.2 Å². The summed E-state index contributed by atoms with van der Waals surface area (Å²) < 4.78 is 31.1. The third-order valence-corrected chi connectivity index (χ3v) is 6.95. The fourth-order valence-corrected chi connectivity index (χ4v) is 4.91. The van der Waals surface area contributed by atoms with Crippen molar-refractivity contribution in [3.05, 3.63) is 54.1 Å². The zero-order valence-electron chi connectivity index (χ0n) is 18.1. The van der Waals surface area contributed by atoms with Gasteiger partial charge in [-0.3, -0.25) is 13.9 Å². The van der Waals surface area contributed by atoms with Crippen molar-refractivity contribution in [1.82, 2.24) is 4.90 Å². The van der Waals surface area contributed by atoms with E-state index in [1.165, 1.54) is 0 Å². The van der Waals surface area contributed by atoms with E-state index in [1.54, 1.807) is 47.0 Å². The minimum absolute atomic E-state index is 0.131. The maximum absolute atomic E-state index is 12.7. The van der Waals surface area contributed by atoms with E-state index in [1.807, 2.05) is 25.1 Å². The standard InChI is InChI=1S/C22H27N3O5S2/c1-3-31-20-7-5-4-6-19(20)23-21(26)16-25(32(2,28)29)18-10-8-17(9-11-18)22(27)24-12-14-30-15-13-24/h4-11H,3,12-16H2,1-2H3,(H,23,26). The van der Waals surface area contributed by atoms with Crippen LogP contribution < -0.4 is 9.62 Å². The van der Waals surface area contributed by atoms with Crippen molar-refractivity contribution >= 4 is 45.0 Å². The quantitative estimate of drug-likeness (QED) is 0.588. The molecule has 0 radical (unpaired) electrons. The Kier molecular flexibility index (Phi) is 8.16. The van der Waals surface area contributed by atoms with E-state index in [0.717, 1.165) is 21.2 Å². The van der Waals surface area contributed by atoms with Crippen LogP contribution in [0.4, 0.5) is 11.4 Å². The summed E-state index contributed by atoms with van der Waals surface area (Å²) in [6.45, 7) is 3.69.